The third kappa shape index (κ3) is 4.35. The van der Waals surface area contributed by atoms with Gasteiger partial charge in [0.1, 0.15) is 0 Å². The van der Waals surface area contributed by atoms with Crippen molar-refractivity contribution in [2.45, 2.75) is 16.2 Å². The third-order valence-corrected chi connectivity index (χ3v) is 4.86. The average Bonchev–Trinajstić information content (AvgIpc) is 2.50. The van der Waals surface area contributed by atoms with Crippen LogP contribution in [0.25, 0.3) is 0 Å². The summed E-state index contributed by atoms with van der Waals surface area (Å²) in [7, 11) is 1.34. The highest BCUT2D eigenvalue weighted by Crippen LogP contribution is 2.34. The zero-order valence-electron chi connectivity index (χ0n) is 11.7. The first-order valence-electron chi connectivity index (χ1n) is 6.36. The topological polar surface area (TPSA) is 63.6 Å². The number of hydrogen-bond acceptors (Lipinski definition) is 4. The van der Waals surface area contributed by atoms with Gasteiger partial charge in [0.25, 0.3) is 0 Å². The second-order valence-electron chi connectivity index (χ2n) is 4.45. The Balaban J connectivity index is 2.13. The number of rotatable bonds is 5. The molecular weight excluding hydrogens is 368 g/mol. The summed E-state index contributed by atoms with van der Waals surface area (Å²) < 4.78 is 5.48. The molecule has 0 aromatic heterocycles. The highest BCUT2D eigenvalue weighted by molar-refractivity contribution is 9.10. The van der Waals surface area contributed by atoms with E-state index in [1.807, 2.05) is 18.2 Å². The Kier molecular flexibility index (Phi) is 5.63. The van der Waals surface area contributed by atoms with Crippen molar-refractivity contribution in [2.75, 3.05) is 7.11 Å². The Morgan fingerprint density at radius 1 is 1.18 bits per heavy atom. The Bertz CT molecular complexity index is 698. The fourth-order valence-corrected chi connectivity index (χ4v) is 3.25. The zero-order chi connectivity index (χ0) is 16.1. The van der Waals surface area contributed by atoms with Gasteiger partial charge in [-0.05, 0) is 51.8 Å². The molecule has 1 N–H and O–H groups in total. The number of methoxy groups -OCH3 is 1. The van der Waals surface area contributed by atoms with Crippen molar-refractivity contribution in [1.29, 1.82) is 0 Å². The lowest BCUT2D eigenvalue weighted by Gasteiger charge is -2.07. The summed E-state index contributed by atoms with van der Waals surface area (Å²) in [6, 6.07) is 12.6. The van der Waals surface area contributed by atoms with Crippen LogP contribution in [0.2, 0.25) is 0 Å². The quantitative estimate of drug-likeness (QED) is 0.793. The van der Waals surface area contributed by atoms with Gasteiger partial charge in [-0.25, -0.2) is 4.79 Å². The van der Waals surface area contributed by atoms with Crippen LogP contribution in [-0.2, 0) is 16.0 Å². The Morgan fingerprint density at radius 2 is 1.86 bits per heavy atom. The molecule has 6 heteroatoms. The van der Waals surface area contributed by atoms with E-state index >= 15 is 0 Å². The van der Waals surface area contributed by atoms with Gasteiger partial charge in [-0.2, -0.15) is 0 Å². The zero-order valence-corrected chi connectivity index (χ0v) is 14.1. The van der Waals surface area contributed by atoms with Crippen molar-refractivity contribution in [3.8, 4) is 0 Å². The SMILES string of the molecule is COC(=O)c1ccc(Sc2ccc(CC(=O)O)cc2)c(Br)c1. The van der Waals surface area contributed by atoms with Gasteiger partial charge in [0.15, 0.2) is 0 Å². The molecule has 0 saturated carbocycles. The fraction of sp³-hybridized carbons (Fsp3) is 0.125. The minimum Gasteiger partial charge on any atom is -0.481 e. The molecule has 0 atom stereocenters. The molecule has 0 aliphatic carbocycles. The largest absolute Gasteiger partial charge is 0.481 e. The summed E-state index contributed by atoms with van der Waals surface area (Å²) in [6.45, 7) is 0. The first-order valence-corrected chi connectivity index (χ1v) is 7.97. The number of carbonyl (C=O) groups is 2. The molecule has 2 aromatic carbocycles. The van der Waals surface area contributed by atoms with E-state index in [0.717, 1.165) is 19.8 Å². The highest BCUT2D eigenvalue weighted by Gasteiger charge is 2.09. The Labute approximate surface area is 140 Å². The van der Waals surface area contributed by atoms with E-state index in [4.69, 9.17) is 5.11 Å². The maximum Gasteiger partial charge on any atom is 0.337 e. The summed E-state index contributed by atoms with van der Waals surface area (Å²) >= 11 is 4.97. The van der Waals surface area contributed by atoms with Gasteiger partial charge in [-0.15, -0.1) is 0 Å². The molecule has 4 nitrogen and oxygen atoms in total. The number of carboxylic acids is 1. The van der Waals surface area contributed by atoms with Gasteiger partial charge in [0.2, 0.25) is 0 Å². The molecule has 0 aliphatic rings. The molecule has 0 unspecified atom stereocenters. The van der Waals surface area contributed by atoms with Crippen molar-refractivity contribution >= 4 is 39.6 Å². The van der Waals surface area contributed by atoms with E-state index in [-0.39, 0.29) is 12.4 Å². The molecule has 2 rings (SSSR count). The molecule has 0 radical (unpaired) electrons. The van der Waals surface area contributed by atoms with Gasteiger partial charge >= 0.3 is 11.9 Å². The van der Waals surface area contributed by atoms with Gasteiger partial charge < -0.3 is 9.84 Å². The van der Waals surface area contributed by atoms with Crippen LogP contribution in [0.1, 0.15) is 15.9 Å². The Hall–Kier alpha value is -1.79. The Morgan fingerprint density at radius 3 is 2.41 bits per heavy atom. The molecule has 0 amide bonds. The number of carboxylic acid groups (broad SMARTS) is 1. The summed E-state index contributed by atoms with van der Waals surface area (Å²) in [4.78, 5) is 24.1. The summed E-state index contributed by atoms with van der Waals surface area (Å²) in [6.07, 6.45) is 0.0163. The lowest BCUT2D eigenvalue weighted by Crippen LogP contribution is -2.00. The van der Waals surface area contributed by atoms with Crippen molar-refractivity contribution in [3.63, 3.8) is 0 Å². The monoisotopic (exact) mass is 380 g/mol. The van der Waals surface area contributed by atoms with Crippen LogP contribution >= 0.6 is 27.7 Å². The van der Waals surface area contributed by atoms with Crippen LogP contribution in [0.15, 0.2) is 56.7 Å². The number of esters is 1. The molecule has 0 heterocycles. The fourth-order valence-electron chi connectivity index (χ4n) is 1.81. The second-order valence-corrected chi connectivity index (χ2v) is 6.42. The molecule has 0 saturated heterocycles. The van der Waals surface area contributed by atoms with E-state index in [1.165, 1.54) is 18.9 Å². The van der Waals surface area contributed by atoms with E-state index in [2.05, 4.69) is 20.7 Å². The second kappa shape index (κ2) is 7.47. The number of carbonyl (C=O) groups excluding carboxylic acids is 1. The summed E-state index contributed by atoms with van der Waals surface area (Å²) in [5, 5.41) is 8.75. The van der Waals surface area contributed by atoms with Crippen molar-refractivity contribution in [3.05, 3.63) is 58.1 Å². The number of ether oxygens (including phenoxy) is 1. The van der Waals surface area contributed by atoms with Crippen LogP contribution in [0.3, 0.4) is 0 Å². The smallest absolute Gasteiger partial charge is 0.337 e. The van der Waals surface area contributed by atoms with Crippen molar-refractivity contribution in [1.82, 2.24) is 0 Å². The molecule has 0 bridgehead atoms. The lowest BCUT2D eigenvalue weighted by atomic mass is 10.2. The van der Waals surface area contributed by atoms with E-state index in [9.17, 15) is 9.59 Å². The number of halogens is 1. The number of hydrogen-bond donors (Lipinski definition) is 1. The molecule has 2 aromatic rings. The van der Waals surface area contributed by atoms with E-state index in [1.54, 1.807) is 24.3 Å². The van der Waals surface area contributed by atoms with Gasteiger partial charge in [-0.3, -0.25) is 4.79 Å². The van der Waals surface area contributed by atoms with Crippen LogP contribution < -0.4 is 0 Å². The van der Waals surface area contributed by atoms with Crippen LogP contribution in [0.4, 0.5) is 0 Å². The van der Waals surface area contributed by atoms with Gasteiger partial charge in [0.05, 0.1) is 19.1 Å². The minimum absolute atomic E-state index is 0.0163. The van der Waals surface area contributed by atoms with E-state index < -0.39 is 5.97 Å². The number of benzene rings is 2. The third-order valence-electron chi connectivity index (χ3n) is 2.86. The van der Waals surface area contributed by atoms with Crippen molar-refractivity contribution < 1.29 is 19.4 Å². The van der Waals surface area contributed by atoms with Gasteiger partial charge in [0, 0.05) is 14.3 Å². The van der Waals surface area contributed by atoms with Crippen LogP contribution in [-0.4, -0.2) is 24.2 Å². The normalized spacial score (nSPS) is 10.3. The number of aliphatic carboxylic acids is 1. The first-order chi connectivity index (χ1) is 10.5. The first kappa shape index (κ1) is 16.6. The molecule has 0 spiro atoms. The van der Waals surface area contributed by atoms with Gasteiger partial charge in [-0.1, -0.05) is 23.9 Å². The van der Waals surface area contributed by atoms with Crippen molar-refractivity contribution in [2.24, 2.45) is 0 Å². The highest BCUT2D eigenvalue weighted by atomic mass is 79.9. The van der Waals surface area contributed by atoms with E-state index in [0.29, 0.717) is 5.56 Å². The molecule has 22 heavy (non-hydrogen) atoms. The maximum absolute atomic E-state index is 11.5. The predicted molar refractivity (Wildman–Crippen MR) is 87.4 cm³/mol. The average molecular weight is 381 g/mol. The molecule has 0 aliphatic heterocycles. The minimum atomic E-state index is -0.846. The summed E-state index contributed by atoms with van der Waals surface area (Å²) in [5.74, 6) is -1.23. The predicted octanol–water partition coefficient (Wildman–Crippen LogP) is 4.01. The lowest BCUT2D eigenvalue weighted by molar-refractivity contribution is -0.136. The standard InChI is InChI=1S/C16H13BrO4S/c1-21-16(20)11-4-7-14(13(17)9-11)22-12-5-2-10(3-6-12)8-15(18)19/h2-7,9H,8H2,1H3,(H,18,19). The van der Waals surface area contributed by atoms with Crippen LogP contribution in [0, 0.1) is 0 Å². The van der Waals surface area contributed by atoms with Crippen LogP contribution in [0.5, 0.6) is 0 Å². The molecule has 114 valence electrons. The molecule has 0 fully saturated rings. The molecular formula is C16H13BrO4S. The summed E-state index contributed by atoms with van der Waals surface area (Å²) in [5.41, 5.74) is 1.24. The maximum atomic E-state index is 11.5.